The monoisotopic (exact) mass is 271 g/mol. The van der Waals surface area contributed by atoms with Gasteiger partial charge in [-0.1, -0.05) is 23.7 Å². The van der Waals surface area contributed by atoms with Gasteiger partial charge in [-0.15, -0.1) is 11.3 Å². The van der Waals surface area contributed by atoms with E-state index in [-0.39, 0.29) is 0 Å². The third-order valence-electron chi connectivity index (χ3n) is 1.65. The molecule has 0 aliphatic heterocycles. The van der Waals surface area contributed by atoms with Crippen LogP contribution in [0.15, 0.2) is 34.1 Å². The van der Waals surface area contributed by atoms with Crippen LogP contribution in [0.5, 0.6) is 0 Å². The van der Waals surface area contributed by atoms with E-state index in [1.54, 1.807) is 17.4 Å². The van der Waals surface area contributed by atoms with E-state index >= 15 is 0 Å². The number of rotatable bonds is 1. The average molecular weight is 273 g/mol. The maximum atomic E-state index is 6.03. The maximum Gasteiger partial charge on any atom is 0.0498 e. The third-order valence-corrected chi connectivity index (χ3v) is 3.68. The van der Waals surface area contributed by atoms with Crippen LogP contribution in [0.4, 0.5) is 0 Å². The van der Waals surface area contributed by atoms with E-state index < -0.39 is 0 Å². The zero-order valence-electron chi connectivity index (χ0n) is 6.55. The molecule has 2 aromatic rings. The molecule has 0 amide bonds. The van der Waals surface area contributed by atoms with Crippen molar-refractivity contribution in [3.63, 3.8) is 0 Å². The summed E-state index contributed by atoms with van der Waals surface area (Å²) in [5.74, 6) is 0. The molecule has 1 radical (unpaired) electrons. The Kier molecular flexibility index (Phi) is 2.72. The molecule has 13 heavy (non-hydrogen) atoms. The number of hydrogen-bond acceptors (Lipinski definition) is 1. The van der Waals surface area contributed by atoms with Gasteiger partial charge in [0.05, 0.1) is 0 Å². The topological polar surface area (TPSA) is 0 Å². The van der Waals surface area contributed by atoms with E-state index in [0.29, 0.717) is 0 Å². The molecule has 0 bridgehead atoms. The van der Waals surface area contributed by atoms with Gasteiger partial charge >= 0.3 is 0 Å². The highest BCUT2D eigenvalue weighted by Gasteiger charge is 2.04. The molecule has 65 valence electrons. The largest absolute Gasteiger partial charge is 0.143 e. The molecule has 1 heterocycles. The fourth-order valence-electron chi connectivity index (χ4n) is 1.06. The average Bonchev–Trinajstić information content (AvgIpc) is 2.53. The highest BCUT2D eigenvalue weighted by Crippen LogP contribution is 2.33. The lowest BCUT2D eigenvalue weighted by molar-refractivity contribution is 1.68. The predicted octanol–water partition coefficient (Wildman–Crippen LogP) is 4.63. The number of halogens is 2. The van der Waals surface area contributed by atoms with Gasteiger partial charge in [-0.25, -0.2) is 0 Å². The first-order valence-electron chi connectivity index (χ1n) is 3.67. The van der Waals surface area contributed by atoms with Crippen LogP contribution in [0.1, 0.15) is 0 Å². The lowest BCUT2D eigenvalue weighted by Gasteiger charge is -1.98. The van der Waals surface area contributed by atoms with Crippen LogP contribution in [-0.4, -0.2) is 0 Å². The van der Waals surface area contributed by atoms with Gasteiger partial charge in [0, 0.05) is 25.3 Å². The van der Waals surface area contributed by atoms with Crippen molar-refractivity contribution in [2.75, 3.05) is 0 Å². The Labute approximate surface area is 94.3 Å². The molecule has 0 saturated heterocycles. The van der Waals surface area contributed by atoms with Crippen molar-refractivity contribution < 1.29 is 0 Å². The zero-order chi connectivity index (χ0) is 9.26. The molecule has 0 spiro atoms. The second-order valence-electron chi connectivity index (χ2n) is 2.54. The summed E-state index contributed by atoms with van der Waals surface area (Å²) in [7, 11) is 0. The fraction of sp³-hybridized carbons (Fsp3) is 0. The number of thiophene rings is 1. The van der Waals surface area contributed by atoms with Gasteiger partial charge in [-0.2, -0.15) is 0 Å². The first-order valence-corrected chi connectivity index (χ1v) is 5.72. The van der Waals surface area contributed by atoms with Gasteiger partial charge in [0.25, 0.3) is 0 Å². The van der Waals surface area contributed by atoms with E-state index in [4.69, 9.17) is 11.6 Å². The van der Waals surface area contributed by atoms with Gasteiger partial charge in [0.2, 0.25) is 0 Å². The molecule has 3 heteroatoms. The summed E-state index contributed by atoms with van der Waals surface area (Å²) in [6, 6.07) is 10.6. The molecule has 0 aliphatic carbocycles. The minimum atomic E-state index is 0.747. The summed E-state index contributed by atoms with van der Waals surface area (Å²) in [5, 5.41) is 2.79. The van der Waals surface area contributed by atoms with Crippen molar-refractivity contribution in [1.82, 2.24) is 0 Å². The molecule has 1 aromatic heterocycles. The fourth-order valence-corrected chi connectivity index (χ4v) is 2.82. The molecular weight excluding hydrogens is 268 g/mol. The van der Waals surface area contributed by atoms with Gasteiger partial charge < -0.3 is 0 Å². The van der Waals surface area contributed by atoms with Crippen LogP contribution in [0.3, 0.4) is 0 Å². The van der Waals surface area contributed by atoms with Crippen molar-refractivity contribution in [2.24, 2.45) is 0 Å². The van der Waals surface area contributed by atoms with E-state index in [2.05, 4.69) is 28.1 Å². The van der Waals surface area contributed by atoms with Gasteiger partial charge in [0.15, 0.2) is 0 Å². The minimum Gasteiger partial charge on any atom is -0.143 e. The Morgan fingerprint density at radius 1 is 1.46 bits per heavy atom. The molecule has 1 aromatic carbocycles. The standard InChI is InChI=1S/C10H5BrClS/c11-7-5-10(13-6-7)8-3-1-2-4-9(8)12/h1,3-6H. The highest BCUT2D eigenvalue weighted by atomic mass is 79.9. The first-order chi connectivity index (χ1) is 6.27. The molecule has 0 N–H and O–H groups in total. The summed E-state index contributed by atoms with van der Waals surface area (Å²) in [4.78, 5) is 1.17. The molecule has 0 nitrogen and oxygen atoms in total. The van der Waals surface area contributed by atoms with Crippen LogP contribution in [-0.2, 0) is 0 Å². The van der Waals surface area contributed by atoms with Crippen molar-refractivity contribution in [3.05, 3.63) is 45.2 Å². The molecular formula is C10H5BrClS. The molecule has 0 atom stereocenters. The van der Waals surface area contributed by atoms with Gasteiger partial charge in [-0.05, 0) is 34.1 Å². The van der Waals surface area contributed by atoms with Crippen LogP contribution < -0.4 is 0 Å². The number of hydrogen-bond donors (Lipinski definition) is 0. The van der Waals surface area contributed by atoms with E-state index in [0.717, 1.165) is 15.1 Å². The van der Waals surface area contributed by atoms with Crippen LogP contribution in [0.25, 0.3) is 10.4 Å². The Balaban J connectivity index is 2.52. The van der Waals surface area contributed by atoms with Crippen molar-refractivity contribution in [1.29, 1.82) is 0 Å². The maximum absolute atomic E-state index is 6.03. The van der Waals surface area contributed by atoms with Gasteiger partial charge in [-0.3, -0.25) is 0 Å². The molecule has 0 saturated carbocycles. The van der Waals surface area contributed by atoms with E-state index in [9.17, 15) is 0 Å². The second-order valence-corrected chi connectivity index (χ2v) is 4.77. The van der Waals surface area contributed by atoms with E-state index in [1.807, 2.05) is 17.5 Å². The zero-order valence-corrected chi connectivity index (χ0v) is 9.71. The van der Waals surface area contributed by atoms with E-state index in [1.165, 1.54) is 4.88 Å². The van der Waals surface area contributed by atoms with Crippen LogP contribution in [0.2, 0.25) is 5.02 Å². The Morgan fingerprint density at radius 3 is 2.92 bits per heavy atom. The SMILES string of the molecule is Clc1c[c]ccc1-c1cc(Br)cs1. The molecule has 2 rings (SSSR count). The predicted molar refractivity (Wildman–Crippen MR) is 61.3 cm³/mol. The normalized spacial score (nSPS) is 10.3. The quantitative estimate of drug-likeness (QED) is 0.710. The van der Waals surface area contributed by atoms with Crippen molar-refractivity contribution in [2.45, 2.75) is 0 Å². The lowest BCUT2D eigenvalue weighted by Crippen LogP contribution is -1.72. The van der Waals surface area contributed by atoms with Crippen molar-refractivity contribution in [3.8, 4) is 10.4 Å². The summed E-state index contributed by atoms with van der Waals surface area (Å²) in [5.41, 5.74) is 1.07. The first kappa shape index (κ1) is 9.25. The Bertz CT molecular complexity index is 422. The van der Waals surface area contributed by atoms with Crippen LogP contribution >= 0.6 is 38.9 Å². The molecule has 0 fully saturated rings. The Hall–Kier alpha value is -0.310. The summed E-state index contributed by atoms with van der Waals surface area (Å²) >= 11 is 11.1. The summed E-state index contributed by atoms with van der Waals surface area (Å²) < 4.78 is 1.09. The second kappa shape index (κ2) is 3.82. The lowest BCUT2D eigenvalue weighted by atomic mass is 10.2. The third kappa shape index (κ3) is 1.96. The number of benzene rings is 1. The summed E-state index contributed by atoms with van der Waals surface area (Å²) in [6.45, 7) is 0. The molecule has 0 unspecified atom stereocenters. The van der Waals surface area contributed by atoms with Crippen molar-refractivity contribution >= 4 is 38.9 Å². The Morgan fingerprint density at radius 2 is 2.31 bits per heavy atom. The summed E-state index contributed by atoms with van der Waals surface area (Å²) in [6.07, 6.45) is 0. The van der Waals surface area contributed by atoms with Gasteiger partial charge in [0.1, 0.15) is 0 Å². The molecule has 0 aliphatic rings. The highest BCUT2D eigenvalue weighted by molar-refractivity contribution is 9.10. The van der Waals surface area contributed by atoms with Crippen LogP contribution in [0, 0.1) is 6.07 Å². The smallest absolute Gasteiger partial charge is 0.0498 e. The minimum absolute atomic E-state index is 0.747.